The molecular weight excluding hydrogens is 194 g/mol. The minimum atomic E-state index is 0.472. The van der Waals surface area contributed by atoms with E-state index in [-0.39, 0.29) is 0 Å². The second-order valence-corrected chi connectivity index (χ2v) is 6.98. The summed E-state index contributed by atoms with van der Waals surface area (Å²) >= 11 is 0. The van der Waals surface area contributed by atoms with Crippen molar-refractivity contribution in [3.63, 3.8) is 0 Å². The fraction of sp³-hybridized carbons (Fsp3) is 1.00. The summed E-state index contributed by atoms with van der Waals surface area (Å²) in [5.41, 5.74) is 0.472. The fourth-order valence-electron chi connectivity index (χ4n) is 1.65. The zero-order valence-electron chi connectivity index (χ0n) is 12.6. The minimum Gasteiger partial charge on any atom is -0.306 e. The Balaban J connectivity index is 3.55. The number of rotatable bonds is 7. The molecule has 0 aromatic rings. The van der Waals surface area contributed by atoms with Crippen LogP contribution >= 0.6 is 0 Å². The number of hydrogen-bond acceptors (Lipinski definition) is 1. The van der Waals surface area contributed by atoms with Crippen LogP contribution in [-0.4, -0.2) is 25.0 Å². The van der Waals surface area contributed by atoms with Gasteiger partial charge >= 0.3 is 0 Å². The molecule has 0 spiro atoms. The van der Waals surface area contributed by atoms with Crippen LogP contribution in [0.5, 0.6) is 0 Å². The normalized spacial score (nSPS) is 14.8. The third kappa shape index (κ3) is 9.21. The molecule has 0 fully saturated rings. The average Bonchev–Trinajstić information content (AvgIpc) is 2.13. The highest BCUT2D eigenvalue weighted by atomic mass is 15.1. The van der Waals surface area contributed by atoms with E-state index >= 15 is 0 Å². The Morgan fingerprint density at radius 1 is 1.00 bits per heavy atom. The van der Waals surface area contributed by atoms with Gasteiger partial charge in [-0.25, -0.2) is 0 Å². The summed E-state index contributed by atoms with van der Waals surface area (Å²) in [5.74, 6) is 1.70. The van der Waals surface area contributed by atoms with Crippen molar-refractivity contribution in [2.75, 3.05) is 20.1 Å². The van der Waals surface area contributed by atoms with Gasteiger partial charge in [-0.2, -0.15) is 0 Å². The van der Waals surface area contributed by atoms with Gasteiger partial charge in [0.05, 0.1) is 0 Å². The molecular formula is C15H33N. The lowest BCUT2D eigenvalue weighted by Gasteiger charge is -2.24. The molecule has 0 saturated heterocycles. The van der Waals surface area contributed by atoms with E-state index in [0.29, 0.717) is 5.41 Å². The van der Waals surface area contributed by atoms with Crippen LogP contribution in [0.25, 0.3) is 0 Å². The van der Waals surface area contributed by atoms with Crippen molar-refractivity contribution in [1.29, 1.82) is 0 Å². The summed E-state index contributed by atoms with van der Waals surface area (Å²) in [4.78, 5) is 2.48. The smallest absolute Gasteiger partial charge is 0.00168 e. The Morgan fingerprint density at radius 3 is 2.00 bits per heavy atom. The lowest BCUT2D eigenvalue weighted by molar-refractivity contribution is 0.251. The van der Waals surface area contributed by atoms with E-state index in [1.165, 1.54) is 32.4 Å². The van der Waals surface area contributed by atoms with Gasteiger partial charge < -0.3 is 4.90 Å². The maximum absolute atomic E-state index is 2.48. The molecule has 98 valence electrons. The van der Waals surface area contributed by atoms with Gasteiger partial charge in [0, 0.05) is 0 Å². The molecule has 0 unspecified atom stereocenters. The summed E-state index contributed by atoms with van der Waals surface area (Å²) in [7, 11) is 2.26. The van der Waals surface area contributed by atoms with Gasteiger partial charge in [0.2, 0.25) is 0 Å². The molecule has 0 amide bonds. The lowest BCUT2D eigenvalue weighted by atomic mass is 9.92. The molecule has 0 aromatic heterocycles. The van der Waals surface area contributed by atoms with Gasteiger partial charge in [0.15, 0.2) is 0 Å². The predicted octanol–water partition coefficient (Wildman–Crippen LogP) is 4.43. The van der Waals surface area contributed by atoms with E-state index in [1.54, 1.807) is 0 Å². The molecule has 0 bridgehead atoms. The molecule has 1 atom stereocenters. The van der Waals surface area contributed by atoms with Crippen LogP contribution < -0.4 is 0 Å². The van der Waals surface area contributed by atoms with Crippen LogP contribution in [0.2, 0.25) is 0 Å². The lowest BCUT2D eigenvalue weighted by Crippen LogP contribution is -2.25. The molecule has 0 heterocycles. The summed E-state index contributed by atoms with van der Waals surface area (Å²) in [5, 5.41) is 0. The second kappa shape index (κ2) is 7.32. The highest BCUT2D eigenvalue weighted by Gasteiger charge is 2.11. The first-order chi connectivity index (χ1) is 7.22. The van der Waals surface area contributed by atoms with Crippen molar-refractivity contribution in [2.45, 2.75) is 60.8 Å². The maximum atomic E-state index is 2.48. The Kier molecular flexibility index (Phi) is 7.30. The zero-order valence-corrected chi connectivity index (χ0v) is 12.6. The topological polar surface area (TPSA) is 3.24 Å². The molecule has 0 aliphatic heterocycles. The Hall–Kier alpha value is -0.0400. The Bertz CT molecular complexity index is 167. The molecule has 1 heteroatoms. The summed E-state index contributed by atoms with van der Waals surface area (Å²) in [6.07, 6.45) is 4.01. The van der Waals surface area contributed by atoms with Crippen LogP contribution in [0.4, 0.5) is 0 Å². The molecule has 0 N–H and O–H groups in total. The molecule has 0 saturated carbocycles. The van der Waals surface area contributed by atoms with Crippen molar-refractivity contribution in [3.8, 4) is 0 Å². The van der Waals surface area contributed by atoms with Gasteiger partial charge in [-0.1, -0.05) is 41.5 Å². The minimum absolute atomic E-state index is 0.472. The second-order valence-electron chi connectivity index (χ2n) is 6.98. The van der Waals surface area contributed by atoms with E-state index in [4.69, 9.17) is 0 Å². The first kappa shape index (κ1) is 16.0. The molecule has 0 rings (SSSR count). The van der Waals surface area contributed by atoms with Crippen molar-refractivity contribution in [3.05, 3.63) is 0 Å². The Labute approximate surface area is 104 Å². The zero-order chi connectivity index (χ0) is 12.8. The summed E-state index contributed by atoms with van der Waals surface area (Å²) < 4.78 is 0. The fourth-order valence-corrected chi connectivity index (χ4v) is 1.65. The number of hydrogen-bond donors (Lipinski definition) is 0. The quantitative estimate of drug-likeness (QED) is 0.622. The van der Waals surface area contributed by atoms with Crippen LogP contribution in [0, 0.1) is 17.3 Å². The van der Waals surface area contributed by atoms with Gasteiger partial charge in [0.25, 0.3) is 0 Å². The maximum Gasteiger partial charge on any atom is -0.00168 e. The first-order valence-corrected chi connectivity index (χ1v) is 6.91. The molecule has 0 aliphatic carbocycles. The first-order valence-electron chi connectivity index (χ1n) is 6.91. The number of nitrogens with zero attached hydrogens (tertiary/aromatic N) is 1. The largest absolute Gasteiger partial charge is 0.306 e. The molecule has 16 heavy (non-hydrogen) atoms. The van der Waals surface area contributed by atoms with E-state index in [9.17, 15) is 0 Å². The highest BCUT2D eigenvalue weighted by molar-refractivity contribution is 4.65. The standard InChI is InChI=1S/C15H33N/c1-13(2)14(3)9-8-11-16(7)12-10-15(4,5)6/h13-14H,8-12H2,1-7H3/t14-/m1/s1. The van der Waals surface area contributed by atoms with Crippen molar-refractivity contribution in [2.24, 2.45) is 17.3 Å². The molecule has 0 aliphatic rings. The van der Waals surface area contributed by atoms with Crippen LogP contribution in [0.15, 0.2) is 0 Å². The van der Waals surface area contributed by atoms with Crippen molar-refractivity contribution in [1.82, 2.24) is 4.90 Å². The van der Waals surface area contributed by atoms with Crippen LogP contribution in [0.3, 0.4) is 0 Å². The van der Waals surface area contributed by atoms with Gasteiger partial charge in [-0.15, -0.1) is 0 Å². The molecule has 0 radical (unpaired) electrons. The monoisotopic (exact) mass is 227 g/mol. The van der Waals surface area contributed by atoms with E-state index < -0.39 is 0 Å². The summed E-state index contributed by atoms with van der Waals surface area (Å²) in [6, 6.07) is 0. The Morgan fingerprint density at radius 2 is 1.56 bits per heavy atom. The molecule has 0 aromatic carbocycles. The SMILES string of the molecule is CC(C)[C@H](C)CCCN(C)CCC(C)(C)C. The predicted molar refractivity (Wildman–Crippen MR) is 74.8 cm³/mol. The van der Waals surface area contributed by atoms with Crippen molar-refractivity contribution < 1.29 is 0 Å². The summed E-state index contributed by atoms with van der Waals surface area (Å²) in [6.45, 7) is 16.5. The van der Waals surface area contributed by atoms with Crippen LogP contribution in [0.1, 0.15) is 60.8 Å². The van der Waals surface area contributed by atoms with E-state index in [0.717, 1.165) is 11.8 Å². The third-order valence-corrected chi connectivity index (χ3v) is 3.58. The van der Waals surface area contributed by atoms with Gasteiger partial charge in [-0.05, 0) is 56.7 Å². The highest BCUT2D eigenvalue weighted by Crippen LogP contribution is 2.19. The average molecular weight is 227 g/mol. The van der Waals surface area contributed by atoms with E-state index in [2.05, 4.69) is 53.5 Å². The van der Waals surface area contributed by atoms with Crippen LogP contribution in [-0.2, 0) is 0 Å². The van der Waals surface area contributed by atoms with Gasteiger partial charge in [-0.3, -0.25) is 0 Å². The van der Waals surface area contributed by atoms with Gasteiger partial charge in [0.1, 0.15) is 0 Å². The molecule has 1 nitrogen and oxygen atoms in total. The van der Waals surface area contributed by atoms with E-state index in [1.807, 2.05) is 0 Å². The van der Waals surface area contributed by atoms with Crippen molar-refractivity contribution >= 4 is 0 Å². The third-order valence-electron chi connectivity index (χ3n) is 3.58.